The number of hydrogen-bond acceptors (Lipinski definition) is 2. The number of esters is 1. The maximum Gasteiger partial charge on any atom is 1.00 e. The van der Waals surface area contributed by atoms with E-state index in [0.717, 1.165) is 0 Å². The Bertz CT molecular complexity index is 70.1. The van der Waals surface area contributed by atoms with Crippen LogP contribution in [0.5, 0.6) is 0 Å². The molecule has 0 saturated carbocycles. The fraction of sp³-hybridized carbons (Fsp3) is 0.250. The van der Waals surface area contributed by atoms with Crippen LogP contribution in [-0.4, -0.2) is 13.1 Å². The second kappa shape index (κ2) is 6.21. The summed E-state index contributed by atoms with van der Waals surface area (Å²) in [6.07, 6.45) is 2.00. The Morgan fingerprint density at radius 1 is 1.86 bits per heavy atom. The van der Waals surface area contributed by atoms with Crippen LogP contribution < -0.4 is 29.6 Å². The van der Waals surface area contributed by atoms with Gasteiger partial charge in [0, 0.05) is 0 Å². The number of ether oxygens (including phenoxy) is 1. The Hall–Kier alpha value is 0.210. The van der Waals surface area contributed by atoms with Gasteiger partial charge in [-0.05, 0) is 0 Å². The average molecular weight is 108 g/mol. The van der Waals surface area contributed by atoms with E-state index >= 15 is 0 Å². The molecule has 0 aliphatic rings. The number of rotatable bonds is 1. The van der Waals surface area contributed by atoms with Gasteiger partial charge in [0.1, 0.15) is 5.97 Å². The van der Waals surface area contributed by atoms with Crippen molar-refractivity contribution in [2.75, 3.05) is 7.11 Å². The van der Waals surface area contributed by atoms with E-state index < -0.39 is 5.97 Å². The van der Waals surface area contributed by atoms with E-state index in [1.54, 1.807) is 0 Å². The topological polar surface area (TPSA) is 26.3 Å². The van der Waals surface area contributed by atoms with Crippen molar-refractivity contribution < 1.29 is 39.1 Å². The minimum absolute atomic E-state index is 0. The molecular formula is C4H5NaO2. The Kier molecular flexibility index (Phi) is 9.09. The third-order valence-corrected chi connectivity index (χ3v) is 0.330. The van der Waals surface area contributed by atoms with Crippen molar-refractivity contribution in [3.05, 3.63) is 12.7 Å². The maximum absolute atomic E-state index is 9.78. The zero-order valence-corrected chi connectivity index (χ0v) is 6.52. The van der Waals surface area contributed by atoms with Crippen molar-refractivity contribution in [1.29, 1.82) is 0 Å². The molecule has 0 radical (unpaired) electrons. The summed E-state index contributed by atoms with van der Waals surface area (Å²) in [5.41, 5.74) is 0. The third-order valence-electron chi connectivity index (χ3n) is 0.330. The van der Waals surface area contributed by atoms with Crippen LogP contribution in [0.3, 0.4) is 0 Å². The second-order valence-electron chi connectivity index (χ2n) is 0.668. The molecule has 34 valence electrons. The molecule has 0 heterocycles. The van der Waals surface area contributed by atoms with Gasteiger partial charge in [-0.2, -0.15) is 0 Å². The van der Waals surface area contributed by atoms with Crippen LogP contribution in [-0.2, 0) is 9.53 Å². The van der Waals surface area contributed by atoms with Crippen molar-refractivity contribution in [3.63, 3.8) is 0 Å². The van der Waals surface area contributed by atoms with E-state index in [0.29, 0.717) is 0 Å². The minimum Gasteiger partial charge on any atom is -0.493 e. The van der Waals surface area contributed by atoms with Gasteiger partial charge in [0.15, 0.2) is 0 Å². The van der Waals surface area contributed by atoms with Crippen LogP contribution in [0.15, 0.2) is 6.58 Å². The molecule has 0 aliphatic heterocycles. The molecule has 0 atom stereocenters. The molecule has 0 aromatic rings. The maximum atomic E-state index is 9.78. The van der Waals surface area contributed by atoms with Crippen molar-refractivity contribution in [2.24, 2.45) is 0 Å². The fourth-order valence-corrected chi connectivity index (χ4v) is 0.0722. The normalized spacial score (nSPS) is 5.86. The van der Waals surface area contributed by atoms with E-state index in [1.165, 1.54) is 7.11 Å². The first-order valence-corrected chi connectivity index (χ1v) is 1.42. The quantitative estimate of drug-likeness (QED) is 0.156. The van der Waals surface area contributed by atoms with Gasteiger partial charge in [0.05, 0.1) is 7.11 Å². The summed E-state index contributed by atoms with van der Waals surface area (Å²) < 4.78 is 4.09. The van der Waals surface area contributed by atoms with E-state index in [4.69, 9.17) is 0 Å². The fourth-order valence-electron chi connectivity index (χ4n) is 0.0722. The first kappa shape index (κ1) is 10.2. The standard InChI is InChI=1S/C4H5O2.Na/c1-3-4(5)6-2;/h1H2,2H3;/q-1;+1. The second-order valence-corrected chi connectivity index (χ2v) is 0.668. The molecule has 2 nitrogen and oxygen atoms in total. The van der Waals surface area contributed by atoms with Gasteiger partial charge in [-0.15, -0.1) is 0 Å². The Morgan fingerprint density at radius 3 is 2.29 bits per heavy atom. The van der Waals surface area contributed by atoms with E-state index in [1.807, 2.05) is 6.08 Å². The van der Waals surface area contributed by atoms with Crippen molar-refractivity contribution in [3.8, 4) is 0 Å². The molecule has 0 amide bonds. The molecule has 0 saturated heterocycles. The molecule has 0 N–H and O–H groups in total. The van der Waals surface area contributed by atoms with E-state index in [2.05, 4.69) is 11.3 Å². The van der Waals surface area contributed by atoms with Crippen LogP contribution in [0.1, 0.15) is 0 Å². The number of carbonyl (C=O) groups excluding carboxylic acids is 1. The van der Waals surface area contributed by atoms with Crippen LogP contribution in [0.25, 0.3) is 0 Å². The molecule has 0 aliphatic carbocycles. The van der Waals surface area contributed by atoms with Crippen LogP contribution in [0.2, 0.25) is 0 Å². The van der Waals surface area contributed by atoms with Gasteiger partial charge in [-0.25, -0.2) is 0 Å². The average Bonchev–Trinajstić information content (AvgIpc) is 1.65. The molecule has 0 rings (SSSR count). The molecule has 0 fully saturated rings. The van der Waals surface area contributed by atoms with E-state index in [-0.39, 0.29) is 29.6 Å². The Balaban J connectivity index is 0. The summed E-state index contributed by atoms with van der Waals surface area (Å²) in [6.45, 7) is 3.03. The summed E-state index contributed by atoms with van der Waals surface area (Å²) in [5.74, 6) is -0.519. The van der Waals surface area contributed by atoms with Crippen molar-refractivity contribution in [2.45, 2.75) is 0 Å². The summed E-state index contributed by atoms with van der Waals surface area (Å²) in [6, 6.07) is 0. The SMILES string of the molecule is C=[C-]C(=O)OC.[Na+]. The molecule has 0 unspecified atom stereocenters. The summed E-state index contributed by atoms with van der Waals surface area (Å²) >= 11 is 0. The monoisotopic (exact) mass is 108 g/mol. The van der Waals surface area contributed by atoms with E-state index in [9.17, 15) is 4.79 Å². The van der Waals surface area contributed by atoms with Gasteiger partial charge in [0.2, 0.25) is 0 Å². The summed E-state index contributed by atoms with van der Waals surface area (Å²) in [5, 5.41) is 0. The molecule has 0 bridgehead atoms. The Morgan fingerprint density at radius 2 is 2.29 bits per heavy atom. The summed E-state index contributed by atoms with van der Waals surface area (Å²) in [7, 11) is 1.28. The van der Waals surface area contributed by atoms with Crippen LogP contribution in [0, 0.1) is 6.08 Å². The van der Waals surface area contributed by atoms with Crippen molar-refractivity contribution >= 4 is 5.97 Å². The zero-order valence-electron chi connectivity index (χ0n) is 4.52. The zero-order chi connectivity index (χ0) is 4.99. The third kappa shape index (κ3) is 6.21. The Labute approximate surface area is 64.8 Å². The predicted octanol–water partition coefficient (Wildman–Crippen LogP) is -2.85. The molecule has 0 spiro atoms. The molecule has 0 aromatic carbocycles. The van der Waals surface area contributed by atoms with Gasteiger partial charge >= 0.3 is 29.6 Å². The predicted molar refractivity (Wildman–Crippen MR) is 20.9 cm³/mol. The van der Waals surface area contributed by atoms with Gasteiger partial charge in [-0.3, -0.25) is 11.4 Å². The number of methoxy groups -OCH3 is 1. The van der Waals surface area contributed by atoms with Crippen LogP contribution in [0.4, 0.5) is 0 Å². The molecular weight excluding hydrogens is 103 g/mol. The number of hydrogen-bond donors (Lipinski definition) is 0. The number of carbonyl (C=O) groups is 1. The van der Waals surface area contributed by atoms with Gasteiger partial charge in [0.25, 0.3) is 0 Å². The minimum atomic E-state index is -0.519. The molecule has 7 heavy (non-hydrogen) atoms. The van der Waals surface area contributed by atoms with Gasteiger partial charge in [-0.1, -0.05) is 0 Å². The van der Waals surface area contributed by atoms with Gasteiger partial charge < -0.3 is 10.8 Å². The summed E-state index contributed by atoms with van der Waals surface area (Å²) in [4.78, 5) is 9.78. The molecule has 3 heteroatoms. The molecule has 0 aromatic heterocycles. The van der Waals surface area contributed by atoms with Crippen LogP contribution >= 0.6 is 0 Å². The first-order chi connectivity index (χ1) is 2.81. The largest absolute Gasteiger partial charge is 1.00 e. The smallest absolute Gasteiger partial charge is 0.493 e. The van der Waals surface area contributed by atoms with Crippen molar-refractivity contribution in [1.82, 2.24) is 0 Å². The first-order valence-electron chi connectivity index (χ1n) is 1.42.